The van der Waals surface area contributed by atoms with Crippen LogP contribution in [-0.4, -0.2) is 34.1 Å². The molecule has 0 spiro atoms. The second kappa shape index (κ2) is 6.52. The summed E-state index contributed by atoms with van der Waals surface area (Å²) in [5.74, 6) is 1.42. The summed E-state index contributed by atoms with van der Waals surface area (Å²) in [5.41, 5.74) is 0.926. The third kappa shape index (κ3) is 3.16. The van der Waals surface area contributed by atoms with Crippen LogP contribution < -0.4 is 4.90 Å². The van der Waals surface area contributed by atoms with Crippen LogP contribution >= 0.6 is 11.8 Å². The van der Waals surface area contributed by atoms with Crippen LogP contribution in [0.2, 0.25) is 0 Å². The molecule has 2 atom stereocenters. The van der Waals surface area contributed by atoms with E-state index in [-0.39, 0.29) is 11.8 Å². The van der Waals surface area contributed by atoms with Crippen LogP contribution in [0.5, 0.6) is 0 Å². The SMILES string of the molecule is CS[C@@H](C)Cc1nc([C@@H]2CC(=O)N(c3ccccc3)C2)no1. The molecule has 0 saturated carbocycles. The highest BCUT2D eigenvalue weighted by molar-refractivity contribution is 7.99. The van der Waals surface area contributed by atoms with Crippen molar-refractivity contribution in [3.05, 3.63) is 42.0 Å². The molecule has 1 aliphatic rings. The molecule has 1 aromatic heterocycles. The van der Waals surface area contributed by atoms with Gasteiger partial charge in [-0.3, -0.25) is 4.79 Å². The molecule has 1 fully saturated rings. The number of benzene rings is 1. The number of carbonyl (C=O) groups excluding carboxylic acids is 1. The maximum atomic E-state index is 12.2. The average molecular weight is 317 g/mol. The fourth-order valence-electron chi connectivity index (χ4n) is 2.58. The van der Waals surface area contributed by atoms with Gasteiger partial charge < -0.3 is 9.42 Å². The molecule has 1 amide bonds. The molecular formula is C16H19N3O2S. The Kier molecular flexibility index (Phi) is 4.47. The Balaban J connectivity index is 1.71. The van der Waals surface area contributed by atoms with Crippen LogP contribution in [0.15, 0.2) is 34.9 Å². The Morgan fingerprint density at radius 1 is 1.41 bits per heavy atom. The highest BCUT2D eigenvalue weighted by atomic mass is 32.2. The fraction of sp³-hybridized carbons (Fsp3) is 0.438. The molecule has 0 aliphatic carbocycles. The molecule has 3 rings (SSSR count). The Bertz CT molecular complexity index is 644. The van der Waals surface area contributed by atoms with E-state index < -0.39 is 0 Å². The van der Waals surface area contributed by atoms with E-state index in [2.05, 4.69) is 23.3 Å². The standard InChI is InChI=1S/C16H19N3O2S/c1-11(22-2)8-14-17-16(18-21-14)12-9-15(20)19(10-12)13-6-4-3-5-7-13/h3-7,11-12H,8-10H2,1-2H3/t11-,12+/m0/s1. The largest absolute Gasteiger partial charge is 0.339 e. The van der Waals surface area contributed by atoms with E-state index in [9.17, 15) is 4.79 Å². The smallest absolute Gasteiger partial charge is 0.227 e. The van der Waals surface area contributed by atoms with Gasteiger partial charge in [-0.15, -0.1) is 0 Å². The number of carbonyl (C=O) groups is 1. The third-order valence-electron chi connectivity index (χ3n) is 3.91. The molecule has 6 heteroatoms. The van der Waals surface area contributed by atoms with Crippen molar-refractivity contribution in [2.24, 2.45) is 0 Å². The molecule has 1 aromatic carbocycles. The first-order valence-electron chi connectivity index (χ1n) is 7.38. The number of amides is 1. The zero-order chi connectivity index (χ0) is 15.5. The average Bonchev–Trinajstić information content (AvgIpc) is 3.14. The van der Waals surface area contributed by atoms with Gasteiger partial charge in [0.25, 0.3) is 0 Å². The molecule has 116 valence electrons. The van der Waals surface area contributed by atoms with Gasteiger partial charge in [0.2, 0.25) is 11.8 Å². The van der Waals surface area contributed by atoms with Gasteiger partial charge in [0.05, 0.1) is 0 Å². The molecule has 5 nitrogen and oxygen atoms in total. The van der Waals surface area contributed by atoms with Crippen LogP contribution in [0, 0.1) is 0 Å². The van der Waals surface area contributed by atoms with Gasteiger partial charge in [0, 0.05) is 36.2 Å². The molecule has 1 saturated heterocycles. The van der Waals surface area contributed by atoms with Crippen LogP contribution in [0.1, 0.15) is 31.0 Å². The van der Waals surface area contributed by atoms with E-state index in [1.165, 1.54) is 0 Å². The van der Waals surface area contributed by atoms with Crippen LogP contribution in [0.4, 0.5) is 5.69 Å². The first kappa shape index (κ1) is 15.1. The number of anilines is 1. The number of para-hydroxylation sites is 1. The third-order valence-corrected chi connectivity index (χ3v) is 4.88. The van der Waals surface area contributed by atoms with E-state index in [1.807, 2.05) is 30.3 Å². The van der Waals surface area contributed by atoms with Gasteiger partial charge in [0.1, 0.15) is 0 Å². The Hall–Kier alpha value is -1.82. The lowest BCUT2D eigenvalue weighted by atomic mass is 10.1. The molecule has 2 heterocycles. The van der Waals surface area contributed by atoms with Crippen molar-refractivity contribution in [3.8, 4) is 0 Å². The van der Waals surface area contributed by atoms with E-state index in [4.69, 9.17) is 4.52 Å². The van der Waals surface area contributed by atoms with Gasteiger partial charge in [-0.05, 0) is 18.4 Å². The number of aromatic nitrogens is 2. The second-order valence-corrected chi connectivity index (χ2v) is 6.81. The van der Waals surface area contributed by atoms with Crippen LogP contribution in [0.25, 0.3) is 0 Å². The van der Waals surface area contributed by atoms with Crippen molar-refractivity contribution in [1.82, 2.24) is 10.1 Å². The zero-order valence-electron chi connectivity index (χ0n) is 12.7. The first-order chi connectivity index (χ1) is 10.7. The maximum absolute atomic E-state index is 12.2. The summed E-state index contributed by atoms with van der Waals surface area (Å²) in [5, 5.41) is 4.52. The number of nitrogens with zero attached hydrogens (tertiary/aromatic N) is 3. The highest BCUT2D eigenvalue weighted by Crippen LogP contribution is 2.30. The lowest BCUT2D eigenvalue weighted by Crippen LogP contribution is -2.24. The summed E-state index contributed by atoms with van der Waals surface area (Å²) >= 11 is 1.77. The summed E-state index contributed by atoms with van der Waals surface area (Å²) < 4.78 is 5.32. The quantitative estimate of drug-likeness (QED) is 0.848. The highest BCUT2D eigenvalue weighted by Gasteiger charge is 2.34. The maximum Gasteiger partial charge on any atom is 0.227 e. The Morgan fingerprint density at radius 3 is 2.91 bits per heavy atom. The lowest BCUT2D eigenvalue weighted by molar-refractivity contribution is -0.117. The van der Waals surface area contributed by atoms with Crippen LogP contribution in [-0.2, 0) is 11.2 Å². The van der Waals surface area contributed by atoms with E-state index in [0.29, 0.717) is 29.9 Å². The Labute approximate surface area is 134 Å². The van der Waals surface area contributed by atoms with Gasteiger partial charge in [-0.25, -0.2) is 0 Å². The number of rotatable bonds is 5. The Morgan fingerprint density at radius 2 is 2.18 bits per heavy atom. The minimum absolute atomic E-state index is 0.00907. The van der Waals surface area contributed by atoms with Crippen molar-refractivity contribution in [2.75, 3.05) is 17.7 Å². The predicted octanol–water partition coefficient (Wildman–Crippen LogP) is 2.88. The van der Waals surface area contributed by atoms with Gasteiger partial charge >= 0.3 is 0 Å². The monoisotopic (exact) mass is 317 g/mol. The van der Waals surface area contributed by atoms with Crippen molar-refractivity contribution < 1.29 is 9.32 Å². The minimum atomic E-state index is 0.00907. The predicted molar refractivity (Wildman–Crippen MR) is 87.1 cm³/mol. The van der Waals surface area contributed by atoms with Crippen molar-refractivity contribution in [2.45, 2.75) is 30.9 Å². The summed E-state index contributed by atoms with van der Waals surface area (Å²) in [6.45, 7) is 2.74. The second-order valence-electron chi connectivity index (χ2n) is 5.54. The van der Waals surface area contributed by atoms with E-state index in [0.717, 1.165) is 12.1 Å². The molecular weight excluding hydrogens is 298 g/mol. The summed E-state index contributed by atoms with van der Waals surface area (Å²) in [7, 11) is 0. The van der Waals surface area contributed by atoms with E-state index in [1.54, 1.807) is 16.7 Å². The van der Waals surface area contributed by atoms with Gasteiger partial charge in [0.15, 0.2) is 5.82 Å². The lowest BCUT2D eigenvalue weighted by Gasteiger charge is -2.15. The first-order valence-corrected chi connectivity index (χ1v) is 8.67. The normalized spacial score (nSPS) is 19.6. The molecule has 0 bridgehead atoms. The minimum Gasteiger partial charge on any atom is -0.339 e. The number of hydrogen-bond donors (Lipinski definition) is 0. The molecule has 22 heavy (non-hydrogen) atoms. The zero-order valence-corrected chi connectivity index (χ0v) is 13.5. The number of hydrogen-bond acceptors (Lipinski definition) is 5. The van der Waals surface area contributed by atoms with Crippen molar-refractivity contribution >= 4 is 23.4 Å². The van der Waals surface area contributed by atoms with Crippen LogP contribution in [0.3, 0.4) is 0 Å². The fourth-order valence-corrected chi connectivity index (χ4v) is 2.89. The molecule has 0 N–H and O–H groups in total. The summed E-state index contributed by atoms with van der Waals surface area (Å²) in [6.07, 6.45) is 3.26. The topological polar surface area (TPSA) is 59.2 Å². The van der Waals surface area contributed by atoms with Crippen molar-refractivity contribution in [1.29, 1.82) is 0 Å². The molecule has 0 unspecified atom stereocenters. The molecule has 0 radical (unpaired) electrons. The molecule has 2 aromatic rings. The van der Waals surface area contributed by atoms with Gasteiger partial charge in [-0.2, -0.15) is 16.7 Å². The number of thioether (sulfide) groups is 1. The molecule has 1 aliphatic heterocycles. The van der Waals surface area contributed by atoms with Gasteiger partial charge in [-0.1, -0.05) is 30.3 Å². The summed E-state index contributed by atoms with van der Waals surface area (Å²) in [6, 6.07) is 9.71. The summed E-state index contributed by atoms with van der Waals surface area (Å²) in [4.78, 5) is 18.5. The van der Waals surface area contributed by atoms with Crippen molar-refractivity contribution in [3.63, 3.8) is 0 Å². The van der Waals surface area contributed by atoms with E-state index >= 15 is 0 Å².